The first-order chi connectivity index (χ1) is 20.8. The highest BCUT2D eigenvalue weighted by atomic mass is 16.3. The maximum atomic E-state index is 13.8. The fourth-order valence-corrected chi connectivity index (χ4v) is 6.49. The van der Waals surface area contributed by atoms with Crippen LogP contribution in [0.2, 0.25) is 0 Å². The summed E-state index contributed by atoms with van der Waals surface area (Å²) in [5, 5.41) is 15.1. The van der Waals surface area contributed by atoms with Gasteiger partial charge in [0.05, 0.1) is 43.0 Å². The fourth-order valence-electron chi connectivity index (χ4n) is 6.49. The molecule has 1 aromatic heterocycles. The summed E-state index contributed by atoms with van der Waals surface area (Å²) in [7, 11) is 1.97. The third kappa shape index (κ3) is 6.52. The first-order valence-corrected chi connectivity index (χ1v) is 15.2. The lowest BCUT2D eigenvalue weighted by Gasteiger charge is -2.47. The summed E-state index contributed by atoms with van der Waals surface area (Å²) in [4.78, 5) is 41.5. The maximum Gasteiger partial charge on any atom is 0.274 e. The topological polar surface area (TPSA) is 139 Å². The number of piperidine rings is 1. The monoisotopic (exact) mass is 588 g/mol. The number of likely N-dealkylation sites (tertiary alicyclic amines) is 1. The number of anilines is 2. The number of aryl methyl sites for hydroxylation is 1. The summed E-state index contributed by atoms with van der Waals surface area (Å²) >= 11 is 0. The molecule has 230 valence electrons. The number of nitrogens with two attached hydrogens (primary N) is 1. The SMILES string of the molecule is CCC1=C(C(=O)Nc2cc(NC(=O)CN3CCC4(CCC4)CC3)cnc2C)N2C=CC(/C(C=NCCO)=C/N)=CC2N1C. The summed E-state index contributed by atoms with van der Waals surface area (Å²) in [5.41, 5.74) is 11.2. The molecule has 5 N–H and O–H groups in total. The van der Waals surface area contributed by atoms with Gasteiger partial charge in [-0.1, -0.05) is 13.3 Å². The van der Waals surface area contributed by atoms with E-state index in [0.717, 1.165) is 29.9 Å². The zero-order chi connectivity index (χ0) is 30.6. The Labute approximate surface area is 253 Å². The van der Waals surface area contributed by atoms with Crippen molar-refractivity contribution in [2.45, 2.75) is 58.5 Å². The number of aromatic nitrogens is 1. The molecule has 5 rings (SSSR count). The second-order valence-corrected chi connectivity index (χ2v) is 11.9. The highest BCUT2D eigenvalue weighted by Gasteiger charge is 2.40. The van der Waals surface area contributed by atoms with Crippen LogP contribution >= 0.6 is 0 Å². The van der Waals surface area contributed by atoms with E-state index in [1.54, 1.807) is 18.5 Å². The number of aliphatic hydroxyl groups excluding tert-OH is 1. The second kappa shape index (κ2) is 13.1. The molecule has 0 bridgehead atoms. The standard InChI is InChI=1S/C32H44N8O3/c1-4-27-30(40-12-6-23(16-29(40)38(27)3)24(18-33)19-34-11-15-41)31(43)37-26-17-25(20-35-22(26)2)36-28(42)21-39-13-9-32(10-14-39)7-5-8-32/h6,12,16-20,29,41H,4-5,7-11,13-15,21,33H2,1-3H3,(H,36,42)(H,37,43)/b24-18+,34-19?. The van der Waals surface area contributed by atoms with E-state index < -0.39 is 0 Å². The Morgan fingerprint density at radius 3 is 2.65 bits per heavy atom. The lowest BCUT2D eigenvalue weighted by molar-refractivity contribution is -0.118. The van der Waals surface area contributed by atoms with Gasteiger partial charge in [-0.2, -0.15) is 0 Å². The maximum absolute atomic E-state index is 13.8. The van der Waals surface area contributed by atoms with Gasteiger partial charge in [0.25, 0.3) is 5.91 Å². The first kappa shape index (κ1) is 30.5. The highest BCUT2D eigenvalue weighted by Crippen LogP contribution is 2.48. The number of likely N-dealkylation sites (N-methyl/N-ethyl adjacent to an activating group) is 1. The molecule has 1 saturated carbocycles. The molecule has 4 heterocycles. The fraction of sp³-hybridized carbons (Fsp3) is 0.500. The molecule has 1 aliphatic carbocycles. The number of allylic oxidation sites excluding steroid dienone is 4. The van der Waals surface area contributed by atoms with E-state index in [0.29, 0.717) is 47.7 Å². The average molecular weight is 589 g/mol. The number of hydrogen-bond donors (Lipinski definition) is 4. The van der Waals surface area contributed by atoms with Crippen molar-refractivity contribution in [2.24, 2.45) is 16.1 Å². The van der Waals surface area contributed by atoms with Crippen LogP contribution in [0, 0.1) is 12.3 Å². The number of fused-ring (bicyclic) bond motifs is 1. The molecule has 11 heteroatoms. The third-order valence-corrected chi connectivity index (χ3v) is 9.22. The van der Waals surface area contributed by atoms with E-state index in [-0.39, 0.29) is 24.6 Å². The number of hydrogen-bond acceptors (Lipinski definition) is 9. The van der Waals surface area contributed by atoms with Gasteiger partial charge in [0.2, 0.25) is 5.91 Å². The van der Waals surface area contributed by atoms with E-state index >= 15 is 0 Å². The van der Waals surface area contributed by atoms with E-state index in [2.05, 4.69) is 30.4 Å². The van der Waals surface area contributed by atoms with Gasteiger partial charge in [-0.05, 0) is 81.3 Å². The molecule has 1 saturated heterocycles. The van der Waals surface area contributed by atoms with Gasteiger partial charge in [-0.25, -0.2) is 0 Å². The van der Waals surface area contributed by atoms with Crippen molar-refractivity contribution in [1.29, 1.82) is 0 Å². The number of carbonyl (C=O) groups is 2. The zero-order valence-corrected chi connectivity index (χ0v) is 25.5. The number of aliphatic hydroxyl groups is 1. The van der Waals surface area contributed by atoms with Gasteiger partial charge in [0, 0.05) is 36.9 Å². The van der Waals surface area contributed by atoms with Crippen molar-refractivity contribution in [3.8, 4) is 0 Å². The molecule has 0 radical (unpaired) electrons. The van der Waals surface area contributed by atoms with Crippen molar-refractivity contribution in [2.75, 3.05) is 50.5 Å². The summed E-state index contributed by atoms with van der Waals surface area (Å²) in [6.45, 7) is 6.41. The Kier molecular flexibility index (Phi) is 9.31. The summed E-state index contributed by atoms with van der Waals surface area (Å²) in [6, 6.07) is 1.77. The molecule has 11 nitrogen and oxygen atoms in total. The van der Waals surface area contributed by atoms with Crippen LogP contribution in [0.1, 0.15) is 51.1 Å². The molecule has 2 amide bonds. The minimum Gasteiger partial charge on any atom is -0.404 e. The molecule has 1 unspecified atom stereocenters. The smallest absolute Gasteiger partial charge is 0.274 e. The van der Waals surface area contributed by atoms with Gasteiger partial charge in [-0.3, -0.25) is 24.5 Å². The molecule has 2 fully saturated rings. The van der Waals surface area contributed by atoms with Crippen LogP contribution in [0.15, 0.2) is 64.3 Å². The Morgan fingerprint density at radius 1 is 1.23 bits per heavy atom. The van der Waals surface area contributed by atoms with Crippen molar-refractivity contribution >= 4 is 29.4 Å². The molecule has 3 aliphatic heterocycles. The first-order valence-electron chi connectivity index (χ1n) is 15.2. The van der Waals surface area contributed by atoms with Crippen LogP contribution in [-0.4, -0.2) is 88.8 Å². The van der Waals surface area contributed by atoms with E-state index in [9.17, 15) is 9.59 Å². The van der Waals surface area contributed by atoms with Crippen molar-refractivity contribution in [1.82, 2.24) is 19.7 Å². The Morgan fingerprint density at radius 2 is 2.00 bits per heavy atom. The molecule has 0 aromatic carbocycles. The molecular formula is C32H44N8O3. The van der Waals surface area contributed by atoms with Crippen molar-refractivity contribution in [3.63, 3.8) is 0 Å². The molecule has 1 atom stereocenters. The van der Waals surface area contributed by atoms with Gasteiger partial charge in [0.15, 0.2) is 0 Å². The van der Waals surface area contributed by atoms with Crippen molar-refractivity contribution < 1.29 is 14.7 Å². The minimum atomic E-state index is -0.251. The van der Waals surface area contributed by atoms with Gasteiger partial charge >= 0.3 is 0 Å². The molecule has 1 spiro atoms. The number of amides is 2. The number of nitrogens with zero attached hydrogens (tertiary/aromatic N) is 5. The van der Waals surface area contributed by atoms with Crippen molar-refractivity contribution in [3.05, 3.63) is 65.0 Å². The molecule has 43 heavy (non-hydrogen) atoms. The minimum absolute atomic E-state index is 0.0337. The highest BCUT2D eigenvalue weighted by molar-refractivity contribution is 6.05. The number of carbonyl (C=O) groups excluding carboxylic acids is 2. The Hall–Kier alpha value is -3.96. The predicted octanol–water partition coefficient (Wildman–Crippen LogP) is 3.09. The summed E-state index contributed by atoms with van der Waals surface area (Å²) in [6.07, 6.45) is 17.4. The lowest BCUT2D eigenvalue weighted by atomic mass is 9.63. The van der Waals surface area contributed by atoms with Gasteiger partial charge < -0.3 is 31.3 Å². The van der Waals surface area contributed by atoms with E-state index in [1.807, 2.05) is 44.1 Å². The van der Waals surface area contributed by atoms with Gasteiger partial charge in [0.1, 0.15) is 11.9 Å². The number of pyridine rings is 1. The van der Waals surface area contributed by atoms with Crippen LogP contribution in [0.3, 0.4) is 0 Å². The van der Waals surface area contributed by atoms with Crippen LogP contribution in [0.5, 0.6) is 0 Å². The Bertz CT molecular complexity index is 1380. The van der Waals surface area contributed by atoms with Crippen LogP contribution in [0.4, 0.5) is 11.4 Å². The third-order valence-electron chi connectivity index (χ3n) is 9.22. The number of aliphatic imine (C=N–C) groups is 1. The quantitative estimate of drug-likeness (QED) is 0.306. The van der Waals surface area contributed by atoms with E-state index in [1.165, 1.54) is 38.3 Å². The lowest BCUT2D eigenvalue weighted by Crippen LogP contribution is -2.45. The average Bonchev–Trinajstić information content (AvgIpc) is 3.27. The number of nitrogens with one attached hydrogen (secondary N) is 2. The molecule has 4 aliphatic rings. The van der Waals surface area contributed by atoms with Crippen LogP contribution in [0.25, 0.3) is 0 Å². The largest absolute Gasteiger partial charge is 0.404 e. The van der Waals surface area contributed by atoms with Crippen LogP contribution < -0.4 is 16.4 Å². The normalized spacial score (nSPS) is 21.7. The Balaban J connectivity index is 1.25. The zero-order valence-electron chi connectivity index (χ0n) is 25.5. The van der Waals surface area contributed by atoms with Gasteiger partial charge in [-0.15, -0.1) is 0 Å². The van der Waals surface area contributed by atoms with E-state index in [4.69, 9.17) is 10.8 Å². The van der Waals surface area contributed by atoms with Crippen LogP contribution in [-0.2, 0) is 9.59 Å². The predicted molar refractivity (Wildman–Crippen MR) is 169 cm³/mol. The summed E-state index contributed by atoms with van der Waals surface area (Å²) in [5.74, 6) is -0.324. The summed E-state index contributed by atoms with van der Waals surface area (Å²) < 4.78 is 0. The number of rotatable bonds is 10. The second-order valence-electron chi connectivity index (χ2n) is 11.9. The molecular weight excluding hydrogens is 544 g/mol. The molecule has 1 aromatic rings.